The van der Waals surface area contributed by atoms with Crippen molar-refractivity contribution in [2.75, 3.05) is 13.1 Å². The molecular weight excluding hydrogens is 356 g/mol. The summed E-state index contributed by atoms with van der Waals surface area (Å²) >= 11 is 11.7. The van der Waals surface area contributed by atoms with Crippen LogP contribution in [0.2, 0.25) is 10.0 Å². The number of halogens is 5. The number of piperidine rings is 1. The summed E-state index contributed by atoms with van der Waals surface area (Å²) in [7, 11) is 0. The monoisotopic (exact) mass is 370 g/mol. The summed E-state index contributed by atoms with van der Waals surface area (Å²) in [6, 6.07) is 2.13. The molecule has 4 nitrogen and oxygen atoms in total. The maximum Gasteiger partial charge on any atom is 0.471 e. The number of amides is 1. The van der Waals surface area contributed by atoms with Gasteiger partial charge in [0, 0.05) is 30.8 Å². The normalized spacial score (nSPS) is 18.1. The fourth-order valence-corrected chi connectivity index (χ4v) is 3.04. The molecular formula is C14H15Cl2F3N2O2. The molecule has 23 heavy (non-hydrogen) atoms. The van der Waals surface area contributed by atoms with Gasteiger partial charge in [-0.25, -0.2) is 0 Å². The number of alkyl halides is 3. The molecule has 1 unspecified atom stereocenters. The number of nitrogens with two attached hydrogens (primary N) is 1. The molecule has 0 radical (unpaired) electrons. The van der Waals surface area contributed by atoms with Crippen molar-refractivity contribution < 1.29 is 23.1 Å². The number of nitrogens with zero attached hydrogens (tertiary/aromatic N) is 1. The molecule has 1 amide bonds. The smallest absolute Gasteiger partial charge is 0.471 e. The minimum Gasteiger partial charge on any atom is -0.508 e. The Morgan fingerprint density at radius 1 is 1.26 bits per heavy atom. The van der Waals surface area contributed by atoms with Crippen molar-refractivity contribution in [1.82, 2.24) is 4.90 Å². The zero-order chi connectivity index (χ0) is 17.4. The van der Waals surface area contributed by atoms with Crippen molar-refractivity contribution >= 4 is 29.1 Å². The van der Waals surface area contributed by atoms with Crippen molar-refractivity contribution in [2.45, 2.75) is 25.1 Å². The second kappa shape index (κ2) is 6.75. The van der Waals surface area contributed by atoms with Gasteiger partial charge in [0.25, 0.3) is 0 Å². The van der Waals surface area contributed by atoms with E-state index < -0.39 is 18.1 Å². The van der Waals surface area contributed by atoms with Crippen molar-refractivity contribution in [2.24, 2.45) is 11.7 Å². The quantitative estimate of drug-likeness (QED) is 0.836. The van der Waals surface area contributed by atoms with Gasteiger partial charge in [-0.1, -0.05) is 23.2 Å². The largest absolute Gasteiger partial charge is 0.508 e. The number of benzene rings is 1. The Kier molecular flexibility index (Phi) is 5.33. The van der Waals surface area contributed by atoms with Gasteiger partial charge in [-0.15, -0.1) is 0 Å². The lowest BCUT2D eigenvalue weighted by molar-refractivity contribution is -0.186. The summed E-state index contributed by atoms with van der Waals surface area (Å²) in [6.45, 7) is -0.0579. The SMILES string of the molecule is NC(c1cc(Cl)c(Cl)cc1O)C1CCN(C(=O)C(F)(F)F)CC1. The van der Waals surface area contributed by atoms with Crippen LogP contribution >= 0.6 is 23.2 Å². The van der Waals surface area contributed by atoms with Crippen molar-refractivity contribution in [3.8, 4) is 5.75 Å². The Balaban J connectivity index is 2.06. The number of carbonyl (C=O) groups excluding carboxylic acids is 1. The van der Waals surface area contributed by atoms with Gasteiger partial charge in [0.15, 0.2) is 0 Å². The molecule has 1 atom stereocenters. The molecule has 9 heteroatoms. The summed E-state index contributed by atoms with van der Waals surface area (Å²) in [5.74, 6) is -2.11. The second-order valence-corrected chi connectivity index (χ2v) is 6.29. The van der Waals surface area contributed by atoms with E-state index in [0.29, 0.717) is 18.4 Å². The third-order valence-corrected chi connectivity index (χ3v) is 4.73. The fraction of sp³-hybridized carbons (Fsp3) is 0.500. The second-order valence-electron chi connectivity index (χ2n) is 5.48. The predicted molar refractivity (Wildman–Crippen MR) is 80.4 cm³/mol. The maximum absolute atomic E-state index is 12.4. The molecule has 128 valence electrons. The van der Waals surface area contributed by atoms with Gasteiger partial charge >= 0.3 is 12.1 Å². The summed E-state index contributed by atoms with van der Waals surface area (Å²) in [4.78, 5) is 12.0. The van der Waals surface area contributed by atoms with Crippen LogP contribution in [0.4, 0.5) is 13.2 Å². The predicted octanol–water partition coefficient (Wildman–Crippen LogP) is 3.50. The molecule has 1 saturated heterocycles. The number of phenols is 1. The summed E-state index contributed by atoms with van der Waals surface area (Å²) in [5.41, 5.74) is 6.50. The Labute approximate surface area is 141 Å². The third-order valence-electron chi connectivity index (χ3n) is 4.01. The fourth-order valence-electron chi connectivity index (χ4n) is 2.71. The van der Waals surface area contributed by atoms with E-state index in [1.165, 1.54) is 12.1 Å². The van der Waals surface area contributed by atoms with E-state index in [4.69, 9.17) is 28.9 Å². The average Bonchev–Trinajstić information content (AvgIpc) is 2.49. The lowest BCUT2D eigenvalue weighted by Crippen LogP contribution is -2.46. The van der Waals surface area contributed by atoms with Gasteiger partial charge < -0.3 is 15.7 Å². The first-order chi connectivity index (χ1) is 10.6. The van der Waals surface area contributed by atoms with E-state index in [-0.39, 0.29) is 34.8 Å². The van der Waals surface area contributed by atoms with Crippen LogP contribution in [0.5, 0.6) is 5.75 Å². The number of aromatic hydroxyl groups is 1. The molecule has 1 heterocycles. The van der Waals surface area contributed by atoms with Gasteiger partial charge in [-0.3, -0.25) is 4.79 Å². The Morgan fingerprint density at radius 3 is 2.30 bits per heavy atom. The van der Waals surface area contributed by atoms with Crippen LogP contribution in [0.1, 0.15) is 24.4 Å². The van der Waals surface area contributed by atoms with Gasteiger partial charge in [0.1, 0.15) is 5.75 Å². The molecule has 1 fully saturated rings. The number of phenolic OH excluding ortho intramolecular Hbond substituents is 1. The Bertz CT molecular complexity index is 602. The van der Waals surface area contributed by atoms with E-state index in [1.54, 1.807) is 0 Å². The molecule has 1 aromatic rings. The maximum atomic E-state index is 12.4. The zero-order valence-electron chi connectivity index (χ0n) is 11.9. The van der Waals surface area contributed by atoms with Crippen LogP contribution < -0.4 is 5.73 Å². The molecule has 0 saturated carbocycles. The minimum absolute atomic E-state index is 0.0290. The number of hydrogen-bond donors (Lipinski definition) is 2. The average molecular weight is 371 g/mol. The standard InChI is InChI=1S/C14H15Cl2F3N2O2/c15-9-5-8(11(22)6-10(9)16)12(20)7-1-3-21(4-2-7)13(23)14(17,18)19/h5-7,12,22H,1-4,20H2. The van der Waals surface area contributed by atoms with Crippen LogP contribution in [0.3, 0.4) is 0 Å². The Morgan fingerprint density at radius 2 is 1.78 bits per heavy atom. The van der Waals surface area contributed by atoms with Crippen LogP contribution in [0.15, 0.2) is 12.1 Å². The van der Waals surface area contributed by atoms with Gasteiger partial charge in [0.05, 0.1) is 10.0 Å². The van der Waals surface area contributed by atoms with E-state index in [9.17, 15) is 23.1 Å². The highest BCUT2D eigenvalue weighted by Gasteiger charge is 2.43. The topological polar surface area (TPSA) is 66.6 Å². The summed E-state index contributed by atoms with van der Waals surface area (Å²) in [5, 5.41) is 10.3. The first kappa shape index (κ1) is 18.2. The molecule has 2 rings (SSSR count). The first-order valence-corrected chi connectivity index (χ1v) is 7.66. The molecule has 3 N–H and O–H groups in total. The van der Waals surface area contributed by atoms with E-state index in [0.717, 1.165) is 4.90 Å². The molecule has 0 spiro atoms. The number of hydrogen-bond acceptors (Lipinski definition) is 3. The zero-order valence-corrected chi connectivity index (χ0v) is 13.4. The Hall–Kier alpha value is -1.18. The van der Waals surface area contributed by atoms with Crippen molar-refractivity contribution in [3.05, 3.63) is 27.7 Å². The summed E-state index contributed by atoms with van der Waals surface area (Å²) in [6.07, 6.45) is -4.25. The van der Waals surface area contributed by atoms with Crippen molar-refractivity contribution in [3.63, 3.8) is 0 Å². The molecule has 1 aromatic carbocycles. The van der Waals surface area contributed by atoms with Crippen LogP contribution in [-0.2, 0) is 4.79 Å². The van der Waals surface area contributed by atoms with E-state index in [2.05, 4.69) is 0 Å². The van der Waals surface area contributed by atoms with E-state index in [1.807, 2.05) is 0 Å². The molecule has 0 aromatic heterocycles. The van der Waals surface area contributed by atoms with Crippen LogP contribution in [0.25, 0.3) is 0 Å². The van der Waals surface area contributed by atoms with Gasteiger partial charge in [-0.2, -0.15) is 13.2 Å². The van der Waals surface area contributed by atoms with Crippen LogP contribution in [-0.4, -0.2) is 35.2 Å². The number of likely N-dealkylation sites (tertiary alicyclic amines) is 1. The van der Waals surface area contributed by atoms with Gasteiger partial charge in [-0.05, 0) is 24.8 Å². The summed E-state index contributed by atoms with van der Waals surface area (Å²) < 4.78 is 37.2. The van der Waals surface area contributed by atoms with Crippen LogP contribution in [0, 0.1) is 5.92 Å². The first-order valence-electron chi connectivity index (χ1n) is 6.91. The highest BCUT2D eigenvalue weighted by molar-refractivity contribution is 6.42. The lowest BCUT2D eigenvalue weighted by atomic mass is 9.85. The molecule has 0 bridgehead atoms. The van der Waals surface area contributed by atoms with E-state index >= 15 is 0 Å². The number of rotatable bonds is 2. The minimum atomic E-state index is -4.86. The lowest BCUT2D eigenvalue weighted by Gasteiger charge is -2.35. The van der Waals surface area contributed by atoms with Crippen molar-refractivity contribution in [1.29, 1.82) is 0 Å². The molecule has 1 aliphatic rings. The highest BCUT2D eigenvalue weighted by Crippen LogP contribution is 2.38. The molecule has 1 aliphatic heterocycles. The van der Waals surface area contributed by atoms with Gasteiger partial charge in [0.2, 0.25) is 0 Å². The number of carbonyl (C=O) groups is 1. The third kappa shape index (κ3) is 4.02. The molecule has 0 aliphatic carbocycles. The highest BCUT2D eigenvalue weighted by atomic mass is 35.5.